The highest BCUT2D eigenvalue weighted by atomic mass is 32.1. The van der Waals surface area contributed by atoms with Gasteiger partial charge in [0.15, 0.2) is 11.7 Å². The summed E-state index contributed by atoms with van der Waals surface area (Å²) in [5, 5.41) is 5.83. The highest BCUT2D eigenvalue weighted by Crippen LogP contribution is 2.44. The molecule has 156 valence electrons. The minimum absolute atomic E-state index is 0.176. The zero-order valence-electron chi connectivity index (χ0n) is 16.9. The van der Waals surface area contributed by atoms with Crippen LogP contribution in [0.15, 0.2) is 26.9 Å². The van der Waals surface area contributed by atoms with E-state index in [0.717, 1.165) is 47.8 Å². The van der Waals surface area contributed by atoms with Crippen molar-refractivity contribution in [1.29, 1.82) is 0 Å². The lowest BCUT2D eigenvalue weighted by Crippen LogP contribution is -2.32. The number of hydrogen-bond acceptors (Lipinski definition) is 7. The quantitative estimate of drug-likeness (QED) is 0.637. The number of benzene rings is 1. The average molecular weight is 426 g/mol. The Morgan fingerprint density at radius 2 is 2.10 bits per heavy atom. The van der Waals surface area contributed by atoms with Crippen LogP contribution in [0.25, 0.3) is 11.0 Å². The molecular formula is C22H22N2O5S. The van der Waals surface area contributed by atoms with Crippen molar-refractivity contribution in [1.82, 2.24) is 4.98 Å². The Labute approximate surface area is 177 Å². The van der Waals surface area contributed by atoms with Crippen molar-refractivity contribution >= 4 is 33.3 Å². The van der Waals surface area contributed by atoms with Gasteiger partial charge in [0.25, 0.3) is 5.91 Å². The molecule has 0 radical (unpaired) electrons. The molecule has 0 fully saturated rings. The van der Waals surface area contributed by atoms with Crippen LogP contribution in [0, 0.1) is 0 Å². The molecule has 30 heavy (non-hydrogen) atoms. The summed E-state index contributed by atoms with van der Waals surface area (Å²) in [7, 11) is 0. The molecular weight excluding hydrogens is 404 g/mol. The van der Waals surface area contributed by atoms with Crippen LogP contribution < -0.4 is 20.4 Å². The molecule has 1 amide bonds. The van der Waals surface area contributed by atoms with Gasteiger partial charge in [0.2, 0.25) is 0 Å². The van der Waals surface area contributed by atoms with Crippen molar-refractivity contribution in [3.8, 4) is 11.5 Å². The van der Waals surface area contributed by atoms with Crippen LogP contribution in [0.2, 0.25) is 0 Å². The fourth-order valence-corrected chi connectivity index (χ4v) is 4.80. The molecule has 0 unspecified atom stereocenters. The predicted molar refractivity (Wildman–Crippen MR) is 114 cm³/mol. The highest BCUT2D eigenvalue weighted by Gasteiger charge is 2.32. The van der Waals surface area contributed by atoms with E-state index in [4.69, 9.17) is 13.9 Å². The zero-order valence-corrected chi connectivity index (χ0v) is 17.7. The molecule has 0 saturated heterocycles. The lowest BCUT2D eigenvalue weighted by atomic mass is 9.91. The maximum absolute atomic E-state index is 12.6. The molecule has 2 aliphatic rings. The summed E-state index contributed by atoms with van der Waals surface area (Å²) in [4.78, 5) is 29.0. The Kier molecular flexibility index (Phi) is 4.54. The van der Waals surface area contributed by atoms with E-state index in [0.29, 0.717) is 28.6 Å². The normalized spacial score (nSPS) is 16.6. The molecule has 0 bridgehead atoms. The van der Waals surface area contributed by atoms with Crippen LogP contribution in [0.4, 0.5) is 5.13 Å². The van der Waals surface area contributed by atoms with Gasteiger partial charge in [0, 0.05) is 28.8 Å². The molecule has 3 heterocycles. The zero-order chi connectivity index (χ0) is 20.9. The number of carbonyl (C=O) groups excluding carboxylic acids is 1. The third-order valence-electron chi connectivity index (χ3n) is 5.67. The monoisotopic (exact) mass is 426 g/mol. The van der Waals surface area contributed by atoms with Crippen molar-refractivity contribution in [3.05, 3.63) is 44.8 Å². The van der Waals surface area contributed by atoms with Crippen LogP contribution in [-0.2, 0) is 24.1 Å². The van der Waals surface area contributed by atoms with E-state index in [1.807, 2.05) is 19.9 Å². The second kappa shape index (κ2) is 7.12. The lowest BCUT2D eigenvalue weighted by Gasteiger charge is -2.33. The standard InChI is InChI=1S/C22H22N2O5S/c1-22(2)7-6-14-15(29-22)10-16(27-11-17(25)24-21-23-8-9-30-21)18-12-4-3-5-13(12)20(26)28-19(14)18/h8-10H,3-7,11H2,1-2H3,(H,23,24,25). The van der Waals surface area contributed by atoms with Crippen LogP contribution in [0.1, 0.15) is 43.4 Å². The van der Waals surface area contributed by atoms with E-state index in [1.165, 1.54) is 11.3 Å². The Balaban J connectivity index is 1.57. The first-order valence-corrected chi connectivity index (χ1v) is 10.9. The van der Waals surface area contributed by atoms with E-state index >= 15 is 0 Å². The summed E-state index contributed by atoms with van der Waals surface area (Å²) in [6.07, 6.45) is 5.62. The smallest absolute Gasteiger partial charge is 0.339 e. The van der Waals surface area contributed by atoms with Crippen molar-refractivity contribution in [2.45, 2.75) is 51.6 Å². The molecule has 1 aromatic carbocycles. The van der Waals surface area contributed by atoms with Gasteiger partial charge in [0.05, 0.1) is 5.39 Å². The van der Waals surface area contributed by atoms with Gasteiger partial charge in [-0.2, -0.15) is 0 Å². The molecule has 8 heteroatoms. The fourth-order valence-electron chi connectivity index (χ4n) is 4.25. The number of hydrogen-bond donors (Lipinski definition) is 1. The molecule has 1 N–H and O–H groups in total. The molecule has 5 rings (SSSR count). The van der Waals surface area contributed by atoms with E-state index < -0.39 is 0 Å². The van der Waals surface area contributed by atoms with E-state index in [-0.39, 0.29) is 23.7 Å². The Morgan fingerprint density at radius 1 is 1.27 bits per heavy atom. The topological polar surface area (TPSA) is 90.7 Å². The number of ether oxygens (including phenoxy) is 2. The number of aryl methyl sites for hydroxylation is 2. The van der Waals surface area contributed by atoms with Gasteiger partial charge < -0.3 is 13.9 Å². The second-order valence-electron chi connectivity index (χ2n) is 8.29. The van der Waals surface area contributed by atoms with E-state index in [9.17, 15) is 9.59 Å². The molecule has 0 atom stereocenters. The van der Waals surface area contributed by atoms with Crippen molar-refractivity contribution in [2.75, 3.05) is 11.9 Å². The number of nitrogens with zero attached hydrogens (tertiary/aromatic N) is 1. The number of anilines is 1. The molecule has 2 aromatic heterocycles. The van der Waals surface area contributed by atoms with Crippen LogP contribution in [0.5, 0.6) is 11.5 Å². The predicted octanol–water partition coefficient (Wildman–Crippen LogP) is 3.86. The maximum atomic E-state index is 12.6. The molecule has 0 spiro atoms. The Morgan fingerprint density at radius 3 is 2.90 bits per heavy atom. The van der Waals surface area contributed by atoms with Gasteiger partial charge >= 0.3 is 5.63 Å². The summed E-state index contributed by atoms with van der Waals surface area (Å²) < 4.78 is 17.9. The first-order valence-electron chi connectivity index (χ1n) is 10.1. The third kappa shape index (κ3) is 3.35. The molecule has 3 aromatic rings. The summed E-state index contributed by atoms with van der Waals surface area (Å²) in [6.45, 7) is 3.88. The van der Waals surface area contributed by atoms with Crippen LogP contribution in [0.3, 0.4) is 0 Å². The Hall–Kier alpha value is -2.87. The molecule has 7 nitrogen and oxygen atoms in total. The Bertz CT molecular complexity index is 1200. The van der Waals surface area contributed by atoms with Crippen LogP contribution in [-0.4, -0.2) is 23.1 Å². The van der Waals surface area contributed by atoms with Gasteiger partial charge in [-0.05, 0) is 51.5 Å². The number of thiazole rings is 1. The summed E-state index contributed by atoms with van der Waals surface area (Å²) in [5.41, 5.74) is 2.53. The number of fused-ring (bicyclic) bond motifs is 5. The van der Waals surface area contributed by atoms with Gasteiger partial charge in [-0.1, -0.05) is 0 Å². The maximum Gasteiger partial charge on any atom is 0.339 e. The van der Waals surface area contributed by atoms with Gasteiger partial charge in [-0.15, -0.1) is 11.3 Å². The molecule has 0 saturated carbocycles. The van der Waals surface area contributed by atoms with Crippen molar-refractivity contribution in [2.24, 2.45) is 0 Å². The number of nitrogens with one attached hydrogen (secondary N) is 1. The minimum atomic E-state index is -0.322. The molecule has 1 aliphatic carbocycles. The van der Waals surface area contributed by atoms with Crippen molar-refractivity contribution in [3.63, 3.8) is 0 Å². The molecule has 1 aliphatic heterocycles. The summed E-state index contributed by atoms with van der Waals surface area (Å²) in [6, 6.07) is 1.84. The first-order chi connectivity index (χ1) is 14.4. The minimum Gasteiger partial charge on any atom is -0.487 e. The number of amides is 1. The first kappa shape index (κ1) is 19.1. The summed E-state index contributed by atoms with van der Waals surface area (Å²) >= 11 is 1.34. The van der Waals surface area contributed by atoms with E-state index in [1.54, 1.807) is 11.6 Å². The lowest BCUT2D eigenvalue weighted by molar-refractivity contribution is -0.118. The largest absolute Gasteiger partial charge is 0.487 e. The summed E-state index contributed by atoms with van der Waals surface area (Å²) in [5.74, 6) is 0.860. The fraction of sp³-hybridized carbons (Fsp3) is 0.409. The highest BCUT2D eigenvalue weighted by molar-refractivity contribution is 7.13. The second-order valence-corrected chi connectivity index (χ2v) is 9.19. The number of carbonyl (C=O) groups is 1. The van der Waals surface area contributed by atoms with Gasteiger partial charge in [0.1, 0.15) is 22.7 Å². The van der Waals surface area contributed by atoms with Gasteiger partial charge in [-0.25, -0.2) is 9.78 Å². The average Bonchev–Trinajstić information content (AvgIpc) is 3.37. The van der Waals surface area contributed by atoms with Crippen molar-refractivity contribution < 1.29 is 18.7 Å². The SMILES string of the molecule is CC1(C)CCc2c(cc(OCC(=O)Nc3nccs3)c3c4c(c(=O)oc23)CCC4)O1. The van der Waals surface area contributed by atoms with E-state index in [2.05, 4.69) is 10.3 Å². The third-order valence-corrected chi connectivity index (χ3v) is 6.36. The van der Waals surface area contributed by atoms with Crippen LogP contribution >= 0.6 is 11.3 Å². The number of aromatic nitrogens is 1. The number of rotatable bonds is 4. The van der Waals surface area contributed by atoms with Gasteiger partial charge in [-0.3, -0.25) is 10.1 Å².